The van der Waals surface area contributed by atoms with Crippen LogP contribution in [0.3, 0.4) is 0 Å². The topological polar surface area (TPSA) is 35.8 Å². The fraction of sp³-hybridized carbons (Fsp3) is 0.625. The van der Waals surface area contributed by atoms with Crippen molar-refractivity contribution in [3.63, 3.8) is 0 Å². The van der Waals surface area contributed by atoms with Crippen LogP contribution in [-0.2, 0) is 0 Å². The molecule has 0 saturated heterocycles. The molecule has 2 heteroatoms. The maximum Gasteiger partial charge on any atom is 0.176 e. The van der Waals surface area contributed by atoms with E-state index in [4.69, 9.17) is 5.26 Å². The first-order valence-corrected chi connectivity index (χ1v) is 3.73. The van der Waals surface area contributed by atoms with Gasteiger partial charge in [-0.05, 0) is 24.7 Å². The number of fused-ring (bicyclic) bond motifs is 2. The van der Waals surface area contributed by atoms with Gasteiger partial charge in [0.2, 0.25) is 0 Å². The van der Waals surface area contributed by atoms with Gasteiger partial charge in [0.25, 0.3) is 0 Å². The highest BCUT2D eigenvalue weighted by Crippen LogP contribution is 2.38. The van der Waals surface area contributed by atoms with Gasteiger partial charge in [-0.15, -0.1) is 0 Å². The van der Waals surface area contributed by atoms with Gasteiger partial charge in [0, 0.05) is 6.04 Å². The van der Waals surface area contributed by atoms with Gasteiger partial charge in [0.15, 0.2) is 6.19 Å². The van der Waals surface area contributed by atoms with Crippen molar-refractivity contribution in [1.29, 1.82) is 5.26 Å². The van der Waals surface area contributed by atoms with Crippen LogP contribution in [0.25, 0.3) is 0 Å². The molecule has 52 valence electrons. The summed E-state index contributed by atoms with van der Waals surface area (Å²) in [4.78, 5) is 0. The first-order valence-electron chi connectivity index (χ1n) is 3.73. The first kappa shape index (κ1) is 5.79. The smallest absolute Gasteiger partial charge is 0.176 e. The molecule has 1 saturated carbocycles. The van der Waals surface area contributed by atoms with Crippen LogP contribution in [0.1, 0.15) is 12.8 Å². The highest BCUT2D eigenvalue weighted by molar-refractivity contribution is 5.13. The number of nitriles is 1. The van der Waals surface area contributed by atoms with Crippen molar-refractivity contribution < 1.29 is 0 Å². The molecule has 0 aromatic rings. The quantitative estimate of drug-likeness (QED) is 0.330. The summed E-state index contributed by atoms with van der Waals surface area (Å²) in [6.45, 7) is 0. The van der Waals surface area contributed by atoms with E-state index in [1.165, 1.54) is 6.42 Å². The SMILES string of the molecule is N#CN[C@H]1C[C@@H]2C=C[C@H]1C2. The van der Waals surface area contributed by atoms with Gasteiger partial charge >= 0.3 is 0 Å². The lowest BCUT2D eigenvalue weighted by atomic mass is 10.0. The minimum Gasteiger partial charge on any atom is -0.320 e. The predicted molar refractivity (Wildman–Crippen MR) is 37.9 cm³/mol. The van der Waals surface area contributed by atoms with Crippen LogP contribution in [0.15, 0.2) is 12.2 Å². The van der Waals surface area contributed by atoms with E-state index in [0.717, 1.165) is 12.3 Å². The molecule has 10 heavy (non-hydrogen) atoms. The minimum absolute atomic E-state index is 0.444. The van der Waals surface area contributed by atoms with Crippen molar-refractivity contribution in [3.05, 3.63) is 12.2 Å². The molecule has 2 bridgehead atoms. The Balaban J connectivity index is 2.04. The van der Waals surface area contributed by atoms with Gasteiger partial charge in [-0.3, -0.25) is 0 Å². The van der Waals surface area contributed by atoms with Gasteiger partial charge in [-0.1, -0.05) is 12.2 Å². The Hall–Kier alpha value is -0.970. The monoisotopic (exact) mass is 134 g/mol. The number of rotatable bonds is 1. The molecular formula is C8H10N2. The van der Waals surface area contributed by atoms with Gasteiger partial charge in [0.1, 0.15) is 0 Å². The van der Waals surface area contributed by atoms with Crippen LogP contribution in [0.5, 0.6) is 0 Å². The summed E-state index contributed by atoms with van der Waals surface area (Å²) in [5, 5.41) is 11.2. The molecule has 0 aromatic carbocycles. The van der Waals surface area contributed by atoms with Gasteiger partial charge < -0.3 is 5.32 Å². The summed E-state index contributed by atoms with van der Waals surface area (Å²) in [7, 11) is 0. The minimum atomic E-state index is 0.444. The molecule has 0 spiro atoms. The third-order valence-electron chi connectivity index (χ3n) is 2.53. The largest absolute Gasteiger partial charge is 0.320 e. The molecule has 2 aliphatic rings. The van der Waals surface area contributed by atoms with Crippen molar-refractivity contribution in [2.75, 3.05) is 0 Å². The van der Waals surface area contributed by atoms with E-state index in [1.54, 1.807) is 0 Å². The Labute approximate surface area is 60.5 Å². The summed E-state index contributed by atoms with van der Waals surface area (Å²) in [6.07, 6.45) is 8.95. The molecule has 0 amide bonds. The van der Waals surface area contributed by atoms with E-state index < -0.39 is 0 Å². The molecule has 3 atom stereocenters. The highest BCUT2D eigenvalue weighted by Gasteiger charge is 2.35. The van der Waals surface area contributed by atoms with E-state index in [2.05, 4.69) is 17.5 Å². The van der Waals surface area contributed by atoms with E-state index in [0.29, 0.717) is 12.0 Å². The van der Waals surface area contributed by atoms with E-state index in [1.807, 2.05) is 6.19 Å². The van der Waals surface area contributed by atoms with Crippen LogP contribution >= 0.6 is 0 Å². The summed E-state index contributed by atoms with van der Waals surface area (Å²) in [5.74, 6) is 1.40. The average molecular weight is 134 g/mol. The van der Waals surface area contributed by atoms with E-state index >= 15 is 0 Å². The lowest BCUT2D eigenvalue weighted by Crippen LogP contribution is -2.28. The van der Waals surface area contributed by atoms with Crippen molar-refractivity contribution >= 4 is 0 Å². The van der Waals surface area contributed by atoms with E-state index in [-0.39, 0.29) is 0 Å². The van der Waals surface area contributed by atoms with Crippen molar-refractivity contribution in [2.24, 2.45) is 11.8 Å². The van der Waals surface area contributed by atoms with Crippen molar-refractivity contribution in [2.45, 2.75) is 18.9 Å². The molecule has 0 radical (unpaired) electrons. The molecule has 0 aromatic heterocycles. The Bertz CT molecular complexity index is 202. The second-order valence-electron chi connectivity index (χ2n) is 3.14. The lowest BCUT2D eigenvalue weighted by Gasteiger charge is -2.14. The summed E-state index contributed by atoms with van der Waals surface area (Å²) < 4.78 is 0. The second-order valence-corrected chi connectivity index (χ2v) is 3.14. The Morgan fingerprint density at radius 1 is 1.40 bits per heavy atom. The molecule has 0 unspecified atom stereocenters. The highest BCUT2D eigenvalue weighted by atomic mass is 14.9. The summed E-state index contributed by atoms with van der Waals surface area (Å²) in [5.41, 5.74) is 0. The molecule has 2 aliphatic carbocycles. The van der Waals surface area contributed by atoms with Crippen molar-refractivity contribution in [1.82, 2.24) is 5.32 Å². The molecule has 0 heterocycles. The maximum atomic E-state index is 8.37. The number of hydrogen-bond acceptors (Lipinski definition) is 2. The third kappa shape index (κ3) is 0.706. The number of hydrogen-bond donors (Lipinski definition) is 1. The third-order valence-corrected chi connectivity index (χ3v) is 2.53. The summed E-state index contributed by atoms with van der Waals surface area (Å²) in [6, 6.07) is 0.444. The van der Waals surface area contributed by atoms with Crippen LogP contribution < -0.4 is 5.32 Å². The van der Waals surface area contributed by atoms with Gasteiger partial charge in [-0.25, -0.2) is 0 Å². The number of nitrogens with one attached hydrogen (secondary N) is 1. The zero-order valence-corrected chi connectivity index (χ0v) is 5.75. The zero-order chi connectivity index (χ0) is 6.97. The lowest BCUT2D eigenvalue weighted by molar-refractivity contribution is 0.514. The number of allylic oxidation sites excluding steroid dienone is 1. The maximum absolute atomic E-state index is 8.37. The molecule has 0 aliphatic heterocycles. The van der Waals surface area contributed by atoms with Crippen LogP contribution in [0.4, 0.5) is 0 Å². The Morgan fingerprint density at radius 2 is 2.30 bits per heavy atom. The first-order chi connectivity index (χ1) is 4.90. The number of nitrogens with zero attached hydrogens (tertiary/aromatic N) is 1. The molecule has 2 nitrogen and oxygen atoms in total. The zero-order valence-electron chi connectivity index (χ0n) is 5.75. The van der Waals surface area contributed by atoms with Gasteiger partial charge in [0.05, 0.1) is 0 Å². The normalized spacial score (nSPS) is 41.7. The van der Waals surface area contributed by atoms with Crippen LogP contribution in [0, 0.1) is 23.3 Å². The predicted octanol–water partition coefficient (Wildman–Crippen LogP) is 1.02. The van der Waals surface area contributed by atoms with Crippen molar-refractivity contribution in [3.8, 4) is 6.19 Å². The molecule has 1 N–H and O–H groups in total. The summed E-state index contributed by atoms with van der Waals surface area (Å²) >= 11 is 0. The second kappa shape index (κ2) is 2.02. The van der Waals surface area contributed by atoms with E-state index in [9.17, 15) is 0 Å². The molecule has 1 fully saturated rings. The Kier molecular flexibility index (Phi) is 1.17. The molecule has 2 rings (SSSR count). The van der Waals surface area contributed by atoms with Crippen LogP contribution in [-0.4, -0.2) is 6.04 Å². The van der Waals surface area contributed by atoms with Gasteiger partial charge in [-0.2, -0.15) is 5.26 Å². The van der Waals surface area contributed by atoms with Crippen LogP contribution in [0.2, 0.25) is 0 Å². The Morgan fingerprint density at radius 3 is 2.80 bits per heavy atom. The average Bonchev–Trinajstić information content (AvgIpc) is 2.48. The molecular weight excluding hydrogens is 124 g/mol. The fourth-order valence-corrected chi connectivity index (χ4v) is 2.03. The standard InChI is InChI=1S/C8H10N2/c9-5-10-8-4-6-1-2-7(8)3-6/h1-2,6-8,10H,3-4H2/t6-,7+,8+/m1/s1. The fourth-order valence-electron chi connectivity index (χ4n) is 2.03.